The number of fused-ring (bicyclic) bond motifs is 24. The number of hydrogen-bond donors (Lipinski definition) is 0. The number of benzene rings is 11. The van der Waals surface area contributed by atoms with Gasteiger partial charge in [0.1, 0.15) is 11.2 Å². The largest absolute Gasteiger partial charge is 0.454 e. The minimum absolute atomic E-state index is 0.0142. The first-order chi connectivity index (χ1) is 52.3. The SMILES string of the molecule is Cc1cc2c(cc1N1c3cc(-c4c(C)cc(Cc5ccc6c(c5)oc5c7cccc8c7n(c65)B5c6c-8cc(C(C)(C)C)cc6N(c6cc7c(cc6C)C(C)(C)CCC7(C)C)c6sc7ccccc7c65)cc4C)cc4c3B(c3c1sc1ccccc31)n1c3oc5ccccc5c3c3cccc-4c31)C(C)(C)CCC2(C)C. The van der Waals surface area contributed by atoms with E-state index in [1.165, 1.54) is 215 Å². The molecule has 0 saturated heterocycles. The molecule has 109 heavy (non-hydrogen) atoms. The Balaban J connectivity index is 0.684. The van der Waals surface area contributed by atoms with Gasteiger partial charge in [0.05, 0.1) is 32.3 Å². The fourth-order valence-electron chi connectivity index (χ4n) is 21.7. The molecule has 23 rings (SSSR count). The van der Waals surface area contributed by atoms with E-state index in [4.69, 9.17) is 8.83 Å². The highest BCUT2D eigenvalue weighted by molar-refractivity contribution is 7.26. The molecular formula is C99H86B2N4O2S2. The van der Waals surface area contributed by atoms with Gasteiger partial charge in [-0.05, 0) is 270 Å². The Morgan fingerprint density at radius 1 is 0.394 bits per heavy atom. The van der Waals surface area contributed by atoms with Gasteiger partial charge in [-0.15, -0.1) is 22.7 Å². The van der Waals surface area contributed by atoms with Crippen LogP contribution in [0.1, 0.15) is 163 Å². The summed E-state index contributed by atoms with van der Waals surface area (Å²) < 4.78 is 22.6. The third kappa shape index (κ3) is 8.55. The molecular weight excluding hydrogens is 1360 g/mol. The normalized spacial score (nSPS) is 16.7. The van der Waals surface area contributed by atoms with Crippen LogP contribution in [0.4, 0.5) is 32.8 Å². The summed E-state index contributed by atoms with van der Waals surface area (Å²) in [6.07, 6.45) is 5.42. The first-order valence-electron chi connectivity index (χ1n) is 39.6. The number of rotatable bonds is 5. The number of hydrogen-bond acceptors (Lipinski definition) is 6. The highest BCUT2D eigenvalue weighted by atomic mass is 32.1. The van der Waals surface area contributed by atoms with Crippen molar-refractivity contribution in [2.24, 2.45) is 0 Å². The molecule has 0 N–H and O–H groups in total. The van der Waals surface area contributed by atoms with Crippen molar-refractivity contribution in [3.05, 3.63) is 249 Å². The van der Waals surface area contributed by atoms with Crippen LogP contribution >= 0.6 is 22.7 Å². The smallest absolute Gasteiger partial charge is 0.337 e. The molecule has 0 saturated carbocycles. The van der Waals surface area contributed by atoms with E-state index in [2.05, 4.69) is 311 Å². The molecule has 0 radical (unpaired) electrons. The number of thiophene rings is 2. The molecule has 17 aromatic rings. The Bertz CT molecular complexity index is 7020. The van der Waals surface area contributed by atoms with E-state index >= 15 is 0 Å². The molecule has 4 aliphatic heterocycles. The fraction of sp³-hybridized carbons (Fsp3) is 0.253. The summed E-state index contributed by atoms with van der Waals surface area (Å²) in [6.45, 7) is 36.0. The van der Waals surface area contributed by atoms with Gasteiger partial charge >= 0.3 is 13.7 Å². The molecule has 0 spiro atoms. The average Bonchev–Trinajstić information content (AvgIpc) is 1.55. The second-order valence-electron chi connectivity index (χ2n) is 37.0. The van der Waals surface area contributed by atoms with Crippen LogP contribution in [0.2, 0.25) is 0 Å². The summed E-state index contributed by atoms with van der Waals surface area (Å²) in [7, 11) is 0. The molecule has 0 amide bonds. The summed E-state index contributed by atoms with van der Waals surface area (Å²) in [4.78, 5) is 5.42. The van der Waals surface area contributed by atoms with E-state index in [-0.39, 0.29) is 40.8 Å². The van der Waals surface area contributed by atoms with Crippen LogP contribution < -0.4 is 31.7 Å². The lowest BCUT2D eigenvalue weighted by Crippen LogP contribution is -2.56. The second-order valence-corrected chi connectivity index (χ2v) is 39.1. The molecule has 10 heteroatoms. The first-order valence-corrected chi connectivity index (χ1v) is 41.3. The van der Waals surface area contributed by atoms with E-state index in [0.717, 1.165) is 52.5 Å². The van der Waals surface area contributed by atoms with Crippen LogP contribution in [0, 0.1) is 27.7 Å². The van der Waals surface area contributed by atoms with E-state index in [0.29, 0.717) is 0 Å². The third-order valence-corrected chi connectivity index (χ3v) is 29.8. The monoisotopic (exact) mass is 1450 g/mol. The van der Waals surface area contributed by atoms with Gasteiger partial charge in [-0.25, -0.2) is 0 Å². The molecule has 0 unspecified atom stereocenters. The topological polar surface area (TPSA) is 42.6 Å². The van der Waals surface area contributed by atoms with Crippen LogP contribution in [-0.4, -0.2) is 22.7 Å². The summed E-state index contributed by atoms with van der Waals surface area (Å²) in [6, 6.07) is 73.7. The number of aromatic nitrogens is 2. The van der Waals surface area contributed by atoms with Crippen molar-refractivity contribution in [1.82, 2.24) is 8.96 Å². The number of anilines is 6. The highest BCUT2D eigenvalue weighted by Gasteiger charge is 2.50. The Morgan fingerprint density at radius 2 is 0.899 bits per heavy atom. The van der Waals surface area contributed by atoms with Gasteiger partial charge in [-0.1, -0.05) is 197 Å². The molecule has 6 aliphatic rings. The molecule has 0 atom stereocenters. The predicted molar refractivity (Wildman–Crippen MR) is 467 cm³/mol. The van der Waals surface area contributed by atoms with Gasteiger partial charge in [0, 0.05) is 64.5 Å². The minimum Gasteiger partial charge on any atom is -0.454 e. The maximum atomic E-state index is 7.45. The van der Waals surface area contributed by atoms with Gasteiger partial charge < -0.3 is 27.6 Å². The molecule has 2 aliphatic carbocycles. The van der Waals surface area contributed by atoms with Gasteiger partial charge in [0.2, 0.25) is 0 Å². The maximum Gasteiger partial charge on any atom is 0.337 e. The molecule has 10 heterocycles. The van der Waals surface area contributed by atoms with Crippen LogP contribution in [0.15, 0.2) is 197 Å². The summed E-state index contributed by atoms with van der Waals surface area (Å²) in [5.41, 5.74) is 40.6. The van der Waals surface area contributed by atoms with Crippen molar-refractivity contribution in [1.29, 1.82) is 0 Å². The second kappa shape index (κ2) is 21.4. The van der Waals surface area contributed by atoms with Crippen molar-refractivity contribution in [2.75, 3.05) is 9.80 Å². The molecule has 532 valence electrons. The Labute approximate surface area is 645 Å². The molecule has 11 aromatic carbocycles. The lowest BCUT2D eigenvalue weighted by atomic mass is 9.45. The van der Waals surface area contributed by atoms with Crippen LogP contribution in [-0.2, 0) is 33.5 Å². The molecule has 6 aromatic heterocycles. The van der Waals surface area contributed by atoms with Crippen LogP contribution in [0.3, 0.4) is 0 Å². The lowest BCUT2D eigenvalue weighted by molar-refractivity contribution is 0.332. The number of nitrogens with zero attached hydrogens (tertiary/aromatic N) is 4. The third-order valence-electron chi connectivity index (χ3n) is 27.4. The number of para-hydroxylation sites is 3. The lowest BCUT2D eigenvalue weighted by Gasteiger charge is -2.44. The molecule has 0 bridgehead atoms. The van der Waals surface area contributed by atoms with Crippen molar-refractivity contribution >= 4 is 177 Å². The van der Waals surface area contributed by atoms with Crippen LogP contribution in [0.25, 0.3) is 119 Å². The maximum absolute atomic E-state index is 7.45. The number of aryl methyl sites for hydroxylation is 4. The summed E-state index contributed by atoms with van der Waals surface area (Å²) >= 11 is 3.89. The Morgan fingerprint density at radius 3 is 1.49 bits per heavy atom. The van der Waals surface area contributed by atoms with E-state index in [1.807, 2.05) is 22.7 Å². The Kier molecular flexibility index (Phi) is 12.7. The van der Waals surface area contributed by atoms with Gasteiger partial charge in [0.25, 0.3) is 0 Å². The van der Waals surface area contributed by atoms with Crippen molar-refractivity contribution in [2.45, 2.75) is 163 Å². The predicted octanol–water partition coefficient (Wildman–Crippen LogP) is 25.1. The van der Waals surface area contributed by atoms with Gasteiger partial charge in [-0.3, -0.25) is 0 Å². The minimum atomic E-state index is -0.149. The Hall–Kier alpha value is -10.3. The summed E-state index contributed by atoms with van der Waals surface area (Å²) in [5.74, 6) is 0. The summed E-state index contributed by atoms with van der Waals surface area (Å²) in [5, 5.41) is 11.1. The number of furan rings is 2. The van der Waals surface area contributed by atoms with Gasteiger partial charge in [-0.2, -0.15) is 0 Å². The fourth-order valence-corrected chi connectivity index (χ4v) is 24.3. The molecule has 6 nitrogen and oxygen atoms in total. The zero-order valence-corrected chi connectivity index (χ0v) is 66.6. The van der Waals surface area contributed by atoms with E-state index < -0.39 is 0 Å². The average molecular weight is 1450 g/mol. The van der Waals surface area contributed by atoms with E-state index in [1.54, 1.807) is 0 Å². The van der Waals surface area contributed by atoms with Gasteiger partial charge in [0.15, 0.2) is 11.3 Å². The van der Waals surface area contributed by atoms with Crippen LogP contribution in [0.5, 0.6) is 0 Å². The van der Waals surface area contributed by atoms with Crippen molar-refractivity contribution in [3.63, 3.8) is 0 Å². The highest BCUT2D eigenvalue weighted by Crippen LogP contribution is 2.58. The first kappa shape index (κ1) is 64.7. The molecule has 0 fully saturated rings. The van der Waals surface area contributed by atoms with Crippen molar-refractivity contribution < 1.29 is 8.83 Å². The zero-order chi connectivity index (χ0) is 74.1. The quantitative estimate of drug-likeness (QED) is 0.161. The van der Waals surface area contributed by atoms with Crippen molar-refractivity contribution in [3.8, 4) is 33.4 Å². The van der Waals surface area contributed by atoms with E-state index in [9.17, 15) is 0 Å². The standard InChI is InChI=1S/C99H86B2N4O2S2/c1-52-42-70-72(98(12,13)38-36-96(70,8)9)50-74(52)102-76-47-58(46-68-60-27-22-29-66-83-62-24-16-19-31-78(62)107-92(83)105(88(60)66)101(84(68)76)87-65-26-18-21-33-81(65)109-94(87)102)82-54(3)40-57(41-55(82)4)44-56-34-35-63-79(45-56)106-91-67-30-23-28-61-69-48-59(95(5,6)7)49-77-85(69)100(104(89(61)67)90(63)91)86-64-25-17-20-32-80(64)108-93(86)103(77)75-51-73-71(43-53(75)2)97(10,11)37-39-99(73,14)15/h16-35,40-43,45-51H,36-39,44H2,1-15H3. The zero-order valence-electron chi connectivity index (χ0n) is 65.0.